The van der Waals surface area contributed by atoms with Crippen LogP contribution in [0.5, 0.6) is 0 Å². The van der Waals surface area contributed by atoms with Gasteiger partial charge in [0.05, 0.1) is 6.04 Å². The Labute approximate surface area is 180 Å². The average Bonchev–Trinajstić information content (AvgIpc) is 3.19. The molecule has 30 heavy (non-hydrogen) atoms. The molecule has 1 aliphatic rings. The van der Waals surface area contributed by atoms with Crippen molar-refractivity contribution >= 4 is 23.5 Å². The van der Waals surface area contributed by atoms with Crippen molar-refractivity contribution in [1.29, 1.82) is 0 Å². The minimum Gasteiger partial charge on any atom is -0.480 e. The van der Waals surface area contributed by atoms with Crippen molar-refractivity contribution in [3.05, 3.63) is 94.5 Å². The van der Waals surface area contributed by atoms with Gasteiger partial charge in [-0.05, 0) is 60.2 Å². The molecule has 2 atom stereocenters. The fraction of sp³-hybridized carbons (Fsp3) is 0.200. The molecule has 3 aromatic carbocycles. The van der Waals surface area contributed by atoms with Gasteiger partial charge in [0.15, 0.2) is 0 Å². The normalized spacial score (nSPS) is 18.4. The first-order chi connectivity index (χ1) is 14.5. The lowest BCUT2D eigenvalue weighted by Gasteiger charge is -2.29. The van der Waals surface area contributed by atoms with Gasteiger partial charge in [-0.15, -0.1) is 0 Å². The van der Waals surface area contributed by atoms with E-state index in [2.05, 4.69) is 0 Å². The third-order valence-electron chi connectivity index (χ3n) is 5.76. The number of hydrogen-bond donors (Lipinski definition) is 1. The molecule has 0 saturated carbocycles. The second-order valence-electron chi connectivity index (χ2n) is 7.57. The summed E-state index contributed by atoms with van der Waals surface area (Å²) in [6, 6.07) is 21.5. The van der Waals surface area contributed by atoms with Crippen molar-refractivity contribution in [2.24, 2.45) is 0 Å². The number of halogens is 1. The minimum atomic E-state index is -0.991. The Morgan fingerprint density at radius 3 is 2.27 bits per heavy atom. The molecule has 4 nitrogen and oxygen atoms in total. The Morgan fingerprint density at radius 1 is 0.933 bits per heavy atom. The van der Waals surface area contributed by atoms with Crippen LogP contribution in [0.4, 0.5) is 0 Å². The van der Waals surface area contributed by atoms with Gasteiger partial charge >= 0.3 is 5.97 Å². The predicted octanol–water partition coefficient (Wildman–Crippen LogP) is 5.75. The van der Waals surface area contributed by atoms with Gasteiger partial charge in [-0.1, -0.05) is 66.2 Å². The smallest absolute Gasteiger partial charge is 0.326 e. The molecule has 1 N–H and O–H groups in total. The highest BCUT2D eigenvalue weighted by Gasteiger charge is 2.42. The lowest BCUT2D eigenvalue weighted by Crippen LogP contribution is -2.41. The zero-order valence-corrected chi connectivity index (χ0v) is 17.3. The molecule has 5 heteroatoms. The number of carboxylic acid groups (broad SMARTS) is 1. The highest BCUT2D eigenvalue weighted by molar-refractivity contribution is 6.31. The van der Waals surface area contributed by atoms with Gasteiger partial charge in [-0.2, -0.15) is 0 Å². The summed E-state index contributed by atoms with van der Waals surface area (Å²) in [7, 11) is 0. The molecule has 0 aliphatic carbocycles. The topological polar surface area (TPSA) is 57.6 Å². The molecular weight excluding hydrogens is 398 g/mol. The zero-order valence-electron chi connectivity index (χ0n) is 16.6. The zero-order chi connectivity index (χ0) is 21.3. The van der Waals surface area contributed by atoms with E-state index in [9.17, 15) is 14.7 Å². The predicted molar refractivity (Wildman–Crippen MR) is 118 cm³/mol. The van der Waals surface area contributed by atoms with Crippen molar-refractivity contribution in [2.75, 3.05) is 0 Å². The van der Waals surface area contributed by atoms with Crippen molar-refractivity contribution in [3.8, 4) is 11.1 Å². The van der Waals surface area contributed by atoms with Crippen LogP contribution in [0.25, 0.3) is 11.1 Å². The second-order valence-corrected chi connectivity index (χ2v) is 7.98. The van der Waals surface area contributed by atoms with Crippen LogP contribution in [0.2, 0.25) is 5.02 Å². The van der Waals surface area contributed by atoms with E-state index in [0.717, 1.165) is 22.3 Å². The molecule has 3 aromatic rings. The highest BCUT2D eigenvalue weighted by atomic mass is 35.5. The standard InChI is InChI=1S/C25H22ClNO3/c1-16-6-2-3-7-19(16)17-10-12-18(13-11-17)24(28)27-22(14-15-23(27)25(29)30)20-8-4-5-9-21(20)26/h2-13,22-23H,14-15H2,1H3,(H,29,30)/t22-,23-/m1/s1. The molecule has 1 heterocycles. The summed E-state index contributed by atoms with van der Waals surface area (Å²) in [5.74, 6) is -1.28. The molecule has 1 amide bonds. The number of carboxylic acids is 1. The van der Waals surface area contributed by atoms with E-state index in [1.54, 1.807) is 18.2 Å². The Morgan fingerprint density at radius 2 is 1.60 bits per heavy atom. The molecule has 0 unspecified atom stereocenters. The number of carbonyl (C=O) groups excluding carboxylic acids is 1. The van der Waals surface area contributed by atoms with Crippen molar-refractivity contribution in [1.82, 2.24) is 4.90 Å². The lowest BCUT2D eigenvalue weighted by molar-refractivity contribution is -0.141. The SMILES string of the molecule is Cc1ccccc1-c1ccc(C(=O)N2[C@@H](C(=O)O)CC[C@@H]2c2ccccc2Cl)cc1. The van der Waals surface area contributed by atoms with Crippen LogP contribution in [-0.4, -0.2) is 27.9 Å². The number of rotatable bonds is 4. The Bertz CT molecular complexity index is 1090. The van der Waals surface area contributed by atoms with Crippen LogP contribution in [0.3, 0.4) is 0 Å². The summed E-state index contributed by atoms with van der Waals surface area (Å²) < 4.78 is 0. The van der Waals surface area contributed by atoms with Crippen LogP contribution in [0, 0.1) is 6.92 Å². The first-order valence-electron chi connectivity index (χ1n) is 9.93. The van der Waals surface area contributed by atoms with Crippen molar-refractivity contribution < 1.29 is 14.7 Å². The summed E-state index contributed by atoms with van der Waals surface area (Å²) in [6.45, 7) is 2.05. The van der Waals surface area contributed by atoms with E-state index in [4.69, 9.17) is 11.6 Å². The van der Waals surface area contributed by atoms with Gasteiger partial charge in [0.1, 0.15) is 6.04 Å². The maximum atomic E-state index is 13.4. The molecular formula is C25H22ClNO3. The van der Waals surface area contributed by atoms with E-state index < -0.39 is 12.0 Å². The summed E-state index contributed by atoms with van der Waals surface area (Å²) in [5, 5.41) is 10.3. The molecule has 0 radical (unpaired) electrons. The average molecular weight is 420 g/mol. The third kappa shape index (κ3) is 3.71. The van der Waals surface area contributed by atoms with Crippen molar-refractivity contribution in [2.45, 2.75) is 31.8 Å². The quantitative estimate of drug-likeness (QED) is 0.586. The number of aliphatic carboxylic acids is 1. The minimum absolute atomic E-state index is 0.291. The molecule has 0 spiro atoms. The van der Waals surface area contributed by atoms with Gasteiger partial charge in [0, 0.05) is 10.6 Å². The molecule has 0 bridgehead atoms. The number of hydrogen-bond acceptors (Lipinski definition) is 2. The van der Waals surface area contributed by atoms with Crippen LogP contribution < -0.4 is 0 Å². The third-order valence-corrected chi connectivity index (χ3v) is 6.10. The molecule has 152 valence electrons. The summed E-state index contributed by atoms with van der Waals surface area (Å²) in [5.41, 5.74) is 4.53. The first-order valence-corrected chi connectivity index (χ1v) is 10.3. The van der Waals surface area contributed by atoms with E-state index in [-0.39, 0.29) is 11.9 Å². The second kappa shape index (κ2) is 8.33. The Kier molecular flexibility index (Phi) is 5.60. The van der Waals surface area contributed by atoms with Crippen LogP contribution in [-0.2, 0) is 4.79 Å². The fourth-order valence-corrected chi connectivity index (χ4v) is 4.49. The molecule has 1 fully saturated rings. The Balaban J connectivity index is 1.68. The van der Waals surface area contributed by atoms with Crippen LogP contribution in [0.1, 0.15) is 40.4 Å². The lowest BCUT2D eigenvalue weighted by atomic mass is 9.99. The first kappa shape index (κ1) is 20.2. The molecule has 4 rings (SSSR count). The summed E-state index contributed by atoms with van der Waals surface area (Å²) in [6.07, 6.45) is 0.964. The van der Waals surface area contributed by atoms with Gasteiger partial charge in [-0.3, -0.25) is 4.79 Å². The van der Waals surface area contributed by atoms with E-state index in [1.807, 2.05) is 61.5 Å². The van der Waals surface area contributed by atoms with Gasteiger partial charge < -0.3 is 10.0 Å². The summed E-state index contributed by atoms with van der Waals surface area (Å²) >= 11 is 6.37. The van der Waals surface area contributed by atoms with Crippen molar-refractivity contribution in [3.63, 3.8) is 0 Å². The van der Waals surface area contributed by atoms with Crippen LogP contribution in [0.15, 0.2) is 72.8 Å². The molecule has 0 aromatic heterocycles. The summed E-state index contributed by atoms with van der Waals surface area (Å²) in [4.78, 5) is 26.7. The van der Waals surface area contributed by atoms with E-state index in [0.29, 0.717) is 23.4 Å². The number of aryl methyl sites for hydroxylation is 1. The number of likely N-dealkylation sites (tertiary alicyclic amines) is 1. The van der Waals surface area contributed by atoms with Gasteiger partial charge in [-0.25, -0.2) is 4.79 Å². The maximum Gasteiger partial charge on any atom is 0.326 e. The number of nitrogens with zero attached hydrogens (tertiary/aromatic N) is 1. The number of amides is 1. The Hall–Kier alpha value is -3.11. The van der Waals surface area contributed by atoms with Crippen LogP contribution >= 0.6 is 11.6 Å². The molecule has 1 saturated heterocycles. The van der Waals surface area contributed by atoms with Gasteiger partial charge in [0.2, 0.25) is 0 Å². The maximum absolute atomic E-state index is 13.4. The largest absolute Gasteiger partial charge is 0.480 e. The number of benzene rings is 3. The molecule has 1 aliphatic heterocycles. The monoisotopic (exact) mass is 419 g/mol. The van der Waals surface area contributed by atoms with Gasteiger partial charge in [0.25, 0.3) is 5.91 Å². The number of carbonyl (C=O) groups is 2. The highest BCUT2D eigenvalue weighted by Crippen LogP contribution is 2.40. The van der Waals surface area contributed by atoms with E-state index >= 15 is 0 Å². The fourth-order valence-electron chi connectivity index (χ4n) is 4.23. The van der Waals surface area contributed by atoms with E-state index in [1.165, 1.54) is 4.90 Å².